The van der Waals surface area contributed by atoms with Crippen LogP contribution in [0.3, 0.4) is 0 Å². The van der Waals surface area contributed by atoms with Gasteiger partial charge in [0.05, 0.1) is 22.2 Å². The zero-order valence-corrected chi connectivity index (χ0v) is 15.7. The van der Waals surface area contributed by atoms with Crippen molar-refractivity contribution in [3.05, 3.63) is 52.1 Å². The van der Waals surface area contributed by atoms with Crippen LogP contribution in [-0.4, -0.2) is 35.9 Å². The van der Waals surface area contributed by atoms with Gasteiger partial charge in [-0.25, -0.2) is 4.98 Å². The number of hydrogen-bond donors (Lipinski definition) is 2. The first-order chi connectivity index (χ1) is 13.0. The summed E-state index contributed by atoms with van der Waals surface area (Å²) in [6.07, 6.45) is 7.16. The summed E-state index contributed by atoms with van der Waals surface area (Å²) in [5.74, 6) is 2.47. The topological polar surface area (TPSA) is 74.3 Å². The summed E-state index contributed by atoms with van der Waals surface area (Å²) < 4.78 is 0. The maximum Gasteiger partial charge on any atom is 0.253 e. The van der Waals surface area contributed by atoms with E-state index in [2.05, 4.69) is 21.5 Å². The predicted octanol–water partition coefficient (Wildman–Crippen LogP) is 2.97. The number of benzene rings is 1. The van der Waals surface area contributed by atoms with Crippen LogP contribution in [0.15, 0.2) is 36.5 Å². The molecule has 0 aliphatic carbocycles. The largest absolute Gasteiger partial charge is 0.358 e. The first-order valence-electron chi connectivity index (χ1n) is 8.20. The smallest absolute Gasteiger partial charge is 0.253 e. The minimum atomic E-state index is -0.409. The highest BCUT2D eigenvalue weighted by atomic mass is 35.5. The minimum absolute atomic E-state index is 0.0778. The molecule has 2 aromatic rings. The number of pyridine rings is 1. The van der Waals surface area contributed by atoms with Crippen LogP contribution in [0.4, 0.5) is 11.5 Å². The molecule has 2 N–H and O–H groups in total. The van der Waals surface area contributed by atoms with E-state index in [0.717, 1.165) is 0 Å². The van der Waals surface area contributed by atoms with Gasteiger partial charge in [0, 0.05) is 18.4 Å². The zero-order valence-electron chi connectivity index (χ0n) is 14.2. The van der Waals surface area contributed by atoms with Gasteiger partial charge in [0.15, 0.2) is 0 Å². The van der Waals surface area contributed by atoms with Crippen molar-refractivity contribution in [2.75, 3.05) is 23.3 Å². The minimum Gasteiger partial charge on any atom is -0.358 e. The third kappa shape index (κ3) is 4.33. The summed E-state index contributed by atoms with van der Waals surface area (Å²) in [5, 5.41) is 6.51. The molecule has 6 nitrogen and oxygen atoms in total. The number of carbonyl (C=O) groups excluding carboxylic acids is 2. The summed E-state index contributed by atoms with van der Waals surface area (Å²) in [6.45, 7) is 0.709. The molecule has 138 valence electrons. The van der Waals surface area contributed by atoms with Crippen LogP contribution in [0.2, 0.25) is 10.0 Å². The van der Waals surface area contributed by atoms with Crippen LogP contribution in [0.1, 0.15) is 16.8 Å². The highest BCUT2D eigenvalue weighted by Crippen LogP contribution is 2.30. The molecule has 2 amide bonds. The summed E-state index contributed by atoms with van der Waals surface area (Å²) in [6, 6.07) is 7.96. The maximum absolute atomic E-state index is 12.7. The quantitative estimate of drug-likeness (QED) is 0.753. The molecule has 0 bridgehead atoms. The van der Waals surface area contributed by atoms with Crippen molar-refractivity contribution in [1.82, 2.24) is 10.3 Å². The Morgan fingerprint density at radius 2 is 2.11 bits per heavy atom. The molecule has 1 aromatic heterocycles. The van der Waals surface area contributed by atoms with Crippen LogP contribution in [0.25, 0.3) is 0 Å². The fourth-order valence-corrected chi connectivity index (χ4v) is 3.04. The summed E-state index contributed by atoms with van der Waals surface area (Å²) in [4.78, 5) is 30.3. The molecule has 0 spiro atoms. The molecule has 1 fully saturated rings. The fraction of sp³-hybridized carbons (Fsp3) is 0.211. The number of nitrogens with one attached hydrogen (secondary N) is 2. The van der Waals surface area contributed by atoms with Crippen LogP contribution in [-0.2, 0) is 4.79 Å². The highest BCUT2D eigenvalue weighted by Gasteiger charge is 2.33. The summed E-state index contributed by atoms with van der Waals surface area (Å²) in [5.41, 5.74) is 1.10. The fourth-order valence-electron chi connectivity index (χ4n) is 2.75. The molecular formula is C19H16Cl2N4O2. The first-order valence-corrected chi connectivity index (χ1v) is 8.96. The van der Waals surface area contributed by atoms with Crippen molar-refractivity contribution in [3.63, 3.8) is 0 Å². The lowest BCUT2D eigenvalue weighted by Gasteiger charge is -2.18. The van der Waals surface area contributed by atoms with Crippen molar-refractivity contribution < 1.29 is 9.59 Å². The Kier molecular flexibility index (Phi) is 5.84. The van der Waals surface area contributed by atoms with Crippen LogP contribution in [0.5, 0.6) is 0 Å². The van der Waals surface area contributed by atoms with Crippen molar-refractivity contribution in [1.29, 1.82) is 0 Å². The standard InChI is InChI=1S/C19H16Cl2N4O2/c1-2-8-22-18(26)12-3-6-17(23-11-12)24-16-7-9-25(19(16)27)13-4-5-14(20)15(21)10-13/h1,3-6,10-11,16H,7-9H2,(H,22,26)(H,23,24). The lowest BCUT2D eigenvalue weighted by atomic mass is 10.2. The van der Waals surface area contributed by atoms with E-state index in [1.807, 2.05) is 0 Å². The average molecular weight is 403 g/mol. The average Bonchev–Trinajstić information content (AvgIpc) is 3.03. The Bertz CT molecular complexity index is 909. The molecular weight excluding hydrogens is 387 g/mol. The van der Waals surface area contributed by atoms with Gasteiger partial charge in [-0.15, -0.1) is 6.42 Å². The van der Waals surface area contributed by atoms with Gasteiger partial charge in [0.1, 0.15) is 11.9 Å². The monoisotopic (exact) mass is 402 g/mol. The Balaban J connectivity index is 1.65. The van der Waals surface area contributed by atoms with Gasteiger partial charge in [-0.3, -0.25) is 9.59 Å². The molecule has 0 radical (unpaired) electrons. The number of halogens is 2. The van der Waals surface area contributed by atoms with E-state index in [-0.39, 0.29) is 18.4 Å². The third-order valence-corrected chi connectivity index (χ3v) is 4.86. The van der Waals surface area contributed by atoms with E-state index < -0.39 is 6.04 Å². The molecule has 1 atom stereocenters. The van der Waals surface area contributed by atoms with Crippen molar-refractivity contribution >= 4 is 46.5 Å². The molecule has 0 saturated carbocycles. The zero-order chi connectivity index (χ0) is 19.4. The number of nitrogens with zero attached hydrogens (tertiary/aromatic N) is 2. The van der Waals surface area contributed by atoms with E-state index in [4.69, 9.17) is 29.6 Å². The lowest BCUT2D eigenvalue weighted by molar-refractivity contribution is -0.117. The normalized spacial score (nSPS) is 16.1. The molecule has 1 aliphatic rings. The van der Waals surface area contributed by atoms with E-state index in [1.54, 1.807) is 35.2 Å². The molecule has 3 rings (SSSR count). The first kappa shape index (κ1) is 19.0. The Morgan fingerprint density at radius 3 is 2.78 bits per heavy atom. The molecule has 1 saturated heterocycles. The van der Waals surface area contributed by atoms with E-state index in [0.29, 0.717) is 40.1 Å². The van der Waals surface area contributed by atoms with Crippen LogP contribution >= 0.6 is 23.2 Å². The number of aromatic nitrogens is 1. The van der Waals surface area contributed by atoms with E-state index in [1.165, 1.54) is 6.20 Å². The lowest BCUT2D eigenvalue weighted by Crippen LogP contribution is -2.33. The molecule has 1 aromatic carbocycles. The number of hydrogen-bond acceptors (Lipinski definition) is 4. The van der Waals surface area contributed by atoms with Gasteiger partial charge in [-0.2, -0.15) is 0 Å². The predicted molar refractivity (Wildman–Crippen MR) is 106 cm³/mol. The Morgan fingerprint density at radius 1 is 1.30 bits per heavy atom. The second-order valence-electron chi connectivity index (χ2n) is 5.89. The SMILES string of the molecule is C#CCNC(=O)c1ccc(NC2CCN(c3ccc(Cl)c(Cl)c3)C2=O)nc1. The van der Waals surface area contributed by atoms with Gasteiger partial charge >= 0.3 is 0 Å². The summed E-state index contributed by atoms with van der Waals surface area (Å²) >= 11 is 12.0. The maximum atomic E-state index is 12.7. The molecule has 1 unspecified atom stereocenters. The molecule has 2 heterocycles. The number of amides is 2. The number of anilines is 2. The van der Waals surface area contributed by atoms with Crippen molar-refractivity contribution in [3.8, 4) is 12.3 Å². The van der Waals surface area contributed by atoms with Gasteiger partial charge < -0.3 is 15.5 Å². The summed E-state index contributed by atoms with van der Waals surface area (Å²) in [7, 11) is 0. The second-order valence-corrected chi connectivity index (χ2v) is 6.71. The van der Waals surface area contributed by atoms with Crippen molar-refractivity contribution in [2.24, 2.45) is 0 Å². The van der Waals surface area contributed by atoms with E-state index >= 15 is 0 Å². The number of terminal acetylenes is 1. The molecule has 8 heteroatoms. The highest BCUT2D eigenvalue weighted by molar-refractivity contribution is 6.42. The third-order valence-electron chi connectivity index (χ3n) is 4.12. The Hall–Kier alpha value is -2.75. The van der Waals surface area contributed by atoms with Gasteiger partial charge in [0.2, 0.25) is 5.91 Å². The van der Waals surface area contributed by atoms with Gasteiger partial charge in [0.25, 0.3) is 5.91 Å². The molecule has 1 aliphatic heterocycles. The van der Waals surface area contributed by atoms with E-state index in [9.17, 15) is 9.59 Å². The second kappa shape index (κ2) is 8.30. The number of carbonyl (C=O) groups is 2. The van der Waals surface area contributed by atoms with Crippen LogP contribution in [0, 0.1) is 12.3 Å². The van der Waals surface area contributed by atoms with Gasteiger partial charge in [-0.1, -0.05) is 29.1 Å². The van der Waals surface area contributed by atoms with Crippen molar-refractivity contribution in [2.45, 2.75) is 12.5 Å². The number of rotatable bonds is 5. The Labute approximate surface area is 166 Å². The van der Waals surface area contributed by atoms with Crippen LogP contribution < -0.4 is 15.5 Å². The van der Waals surface area contributed by atoms with Gasteiger partial charge in [-0.05, 0) is 36.8 Å². The molecule has 27 heavy (non-hydrogen) atoms.